The topological polar surface area (TPSA) is 57.3 Å². The smallest absolute Gasteiger partial charge is 0.255 e. The van der Waals surface area contributed by atoms with Crippen LogP contribution in [0.25, 0.3) is 10.8 Å². The van der Waals surface area contributed by atoms with Gasteiger partial charge in [-0.1, -0.05) is 37.3 Å². The number of benzene rings is 3. The second-order valence-electron chi connectivity index (χ2n) is 9.39. The second-order valence-corrected chi connectivity index (χ2v) is 9.39. The third-order valence-corrected chi connectivity index (χ3v) is 7.19. The van der Waals surface area contributed by atoms with Crippen LogP contribution in [0.2, 0.25) is 0 Å². The van der Waals surface area contributed by atoms with E-state index in [1.165, 1.54) is 0 Å². The molecular formula is C29H36N4O3. The zero-order valence-electron chi connectivity index (χ0n) is 21.1. The van der Waals surface area contributed by atoms with Gasteiger partial charge >= 0.3 is 0 Å². The van der Waals surface area contributed by atoms with Crippen LogP contribution in [-0.4, -0.2) is 87.9 Å². The Morgan fingerprint density at radius 2 is 1.64 bits per heavy atom. The van der Waals surface area contributed by atoms with Crippen LogP contribution in [-0.2, 0) is 4.74 Å². The van der Waals surface area contributed by atoms with Gasteiger partial charge in [-0.2, -0.15) is 0 Å². The summed E-state index contributed by atoms with van der Waals surface area (Å²) in [7, 11) is 0. The van der Waals surface area contributed by atoms with Crippen molar-refractivity contribution in [3.8, 4) is 5.75 Å². The highest BCUT2D eigenvalue weighted by molar-refractivity contribution is 6.10. The van der Waals surface area contributed by atoms with Crippen LogP contribution in [0.1, 0.15) is 17.3 Å². The van der Waals surface area contributed by atoms with E-state index in [-0.39, 0.29) is 5.91 Å². The molecule has 0 aliphatic carbocycles. The average molecular weight is 489 g/mol. The highest BCUT2D eigenvalue weighted by Crippen LogP contribution is 2.32. The lowest BCUT2D eigenvalue weighted by Crippen LogP contribution is -2.47. The number of hydrogen-bond acceptors (Lipinski definition) is 6. The Bertz CT molecular complexity index is 1170. The molecule has 7 nitrogen and oxygen atoms in total. The predicted octanol–water partition coefficient (Wildman–Crippen LogP) is 3.95. The molecule has 0 bridgehead atoms. The summed E-state index contributed by atoms with van der Waals surface area (Å²) in [5.74, 6) is 0.736. The Hall–Kier alpha value is -3.13. The van der Waals surface area contributed by atoms with Crippen LogP contribution >= 0.6 is 0 Å². The summed E-state index contributed by atoms with van der Waals surface area (Å²) < 4.78 is 11.7. The second kappa shape index (κ2) is 11.7. The zero-order valence-corrected chi connectivity index (χ0v) is 21.1. The van der Waals surface area contributed by atoms with Crippen LogP contribution < -0.4 is 15.0 Å². The highest BCUT2D eigenvalue weighted by atomic mass is 16.5. The van der Waals surface area contributed by atoms with Crippen molar-refractivity contribution in [2.45, 2.75) is 6.92 Å². The fraction of sp³-hybridized carbons (Fsp3) is 0.414. The van der Waals surface area contributed by atoms with Gasteiger partial charge in [0.2, 0.25) is 0 Å². The number of fused-ring (bicyclic) bond motifs is 1. The Morgan fingerprint density at radius 3 is 2.42 bits per heavy atom. The molecule has 0 unspecified atom stereocenters. The van der Waals surface area contributed by atoms with E-state index < -0.39 is 0 Å². The minimum absolute atomic E-state index is 0.116. The lowest BCUT2D eigenvalue weighted by Gasteiger charge is -2.33. The maximum atomic E-state index is 13.2. The van der Waals surface area contributed by atoms with E-state index in [1.54, 1.807) is 0 Å². The number of rotatable bonds is 8. The normalized spacial score (nSPS) is 17.3. The van der Waals surface area contributed by atoms with Crippen LogP contribution in [0, 0.1) is 0 Å². The molecule has 2 aliphatic rings. The van der Waals surface area contributed by atoms with Crippen molar-refractivity contribution >= 4 is 28.1 Å². The molecule has 0 aromatic heterocycles. The number of hydrogen-bond donors (Lipinski definition) is 1. The van der Waals surface area contributed by atoms with E-state index in [1.807, 2.05) is 54.6 Å². The molecule has 2 fully saturated rings. The van der Waals surface area contributed by atoms with E-state index >= 15 is 0 Å². The number of piperazine rings is 1. The number of ether oxygens (including phenoxy) is 2. The number of anilines is 2. The maximum Gasteiger partial charge on any atom is 0.255 e. The fourth-order valence-corrected chi connectivity index (χ4v) is 4.98. The first-order chi connectivity index (χ1) is 17.7. The summed E-state index contributed by atoms with van der Waals surface area (Å²) >= 11 is 0. The molecule has 3 aromatic carbocycles. The van der Waals surface area contributed by atoms with E-state index in [0.717, 1.165) is 80.3 Å². The lowest BCUT2D eigenvalue weighted by atomic mass is 10.1. The molecule has 0 atom stereocenters. The van der Waals surface area contributed by atoms with Crippen molar-refractivity contribution in [3.05, 3.63) is 66.2 Å². The monoisotopic (exact) mass is 488 g/mol. The van der Waals surface area contributed by atoms with E-state index in [2.05, 4.69) is 33.0 Å². The van der Waals surface area contributed by atoms with Gasteiger partial charge in [-0.15, -0.1) is 0 Å². The third-order valence-electron chi connectivity index (χ3n) is 7.19. The minimum Gasteiger partial charge on any atom is -0.492 e. The summed E-state index contributed by atoms with van der Waals surface area (Å²) in [6.45, 7) is 12.5. The molecule has 3 aromatic rings. The summed E-state index contributed by atoms with van der Waals surface area (Å²) in [4.78, 5) is 20.4. The van der Waals surface area contributed by atoms with Gasteiger partial charge in [-0.3, -0.25) is 9.69 Å². The number of carbonyl (C=O) groups is 1. The van der Waals surface area contributed by atoms with Crippen molar-refractivity contribution in [3.63, 3.8) is 0 Å². The van der Waals surface area contributed by atoms with Gasteiger partial charge in [0, 0.05) is 73.5 Å². The van der Waals surface area contributed by atoms with Crippen molar-refractivity contribution in [2.24, 2.45) is 0 Å². The molecule has 2 heterocycles. The van der Waals surface area contributed by atoms with Gasteiger partial charge in [-0.05, 0) is 36.9 Å². The van der Waals surface area contributed by atoms with Gasteiger partial charge in [0.25, 0.3) is 5.91 Å². The van der Waals surface area contributed by atoms with Gasteiger partial charge < -0.3 is 24.6 Å². The third kappa shape index (κ3) is 5.81. The molecule has 7 heteroatoms. The predicted molar refractivity (Wildman–Crippen MR) is 145 cm³/mol. The largest absolute Gasteiger partial charge is 0.492 e. The average Bonchev–Trinajstić information content (AvgIpc) is 2.95. The van der Waals surface area contributed by atoms with E-state index in [4.69, 9.17) is 9.47 Å². The highest BCUT2D eigenvalue weighted by Gasteiger charge is 2.17. The van der Waals surface area contributed by atoms with Gasteiger partial charge in [0.15, 0.2) is 0 Å². The Balaban J connectivity index is 1.25. The number of nitrogens with one attached hydrogen (secondary N) is 1. The number of nitrogens with zero attached hydrogens (tertiary/aromatic N) is 3. The van der Waals surface area contributed by atoms with Crippen LogP contribution in [0.4, 0.5) is 11.4 Å². The first-order valence-electron chi connectivity index (χ1n) is 13.0. The number of carbonyl (C=O) groups excluding carboxylic acids is 1. The van der Waals surface area contributed by atoms with Gasteiger partial charge in [0.1, 0.15) is 12.4 Å². The quantitative estimate of drug-likeness (QED) is 0.518. The van der Waals surface area contributed by atoms with E-state index in [0.29, 0.717) is 25.4 Å². The molecule has 5 rings (SSSR count). The first-order valence-corrected chi connectivity index (χ1v) is 13.0. The molecule has 0 saturated carbocycles. The first kappa shape index (κ1) is 24.6. The van der Waals surface area contributed by atoms with E-state index in [9.17, 15) is 4.79 Å². The Kier molecular flexibility index (Phi) is 8.01. The minimum atomic E-state index is -0.116. The maximum absolute atomic E-state index is 13.2. The molecule has 1 amide bonds. The zero-order chi connectivity index (χ0) is 24.7. The molecule has 0 radical (unpaired) electrons. The molecule has 2 aliphatic heterocycles. The van der Waals surface area contributed by atoms with Crippen LogP contribution in [0.5, 0.6) is 5.75 Å². The Labute approximate surface area is 213 Å². The molecule has 36 heavy (non-hydrogen) atoms. The molecule has 2 saturated heterocycles. The number of likely N-dealkylation sites (N-methyl/N-ethyl adjacent to an activating group) is 1. The molecule has 190 valence electrons. The SMILES string of the molecule is CCN1CCN(CCOc2ccc(NC(=O)c3cccc(N4CCOCC4)c3)c3ccccc23)CC1. The van der Waals surface area contributed by atoms with Crippen LogP contribution in [0.3, 0.4) is 0 Å². The summed E-state index contributed by atoms with van der Waals surface area (Å²) in [6.07, 6.45) is 0. The van der Waals surface area contributed by atoms with Gasteiger partial charge in [0.05, 0.1) is 13.2 Å². The fourth-order valence-electron chi connectivity index (χ4n) is 4.98. The molecule has 1 N–H and O–H groups in total. The molecular weight excluding hydrogens is 452 g/mol. The van der Waals surface area contributed by atoms with Crippen molar-refractivity contribution < 1.29 is 14.3 Å². The van der Waals surface area contributed by atoms with Crippen LogP contribution in [0.15, 0.2) is 60.7 Å². The summed E-state index contributed by atoms with van der Waals surface area (Å²) in [6, 6.07) is 19.8. The number of morpholine rings is 1. The molecule has 0 spiro atoms. The number of amides is 1. The lowest BCUT2D eigenvalue weighted by molar-refractivity contribution is 0.102. The Morgan fingerprint density at radius 1 is 0.889 bits per heavy atom. The standard InChI is InChI=1S/C29H36N4O3/c1-2-31-12-14-32(15-13-31)16-21-36-28-11-10-27(25-8-3-4-9-26(25)28)30-29(34)23-6-5-7-24(22-23)33-17-19-35-20-18-33/h3-11,22H,2,12-21H2,1H3,(H,30,34). The summed E-state index contributed by atoms with van der Waals surface area (Å²) in [5.41, 5.74) is 2.48. The van der Waals surface area contributed by atoms with Crippen molar-refractivity contribution in [1.29, 1.82) is 0 Å². The van der Waals surface area contributed by atoms with Crippen molar-refractivity contribution in [2.75, 3.05) is 82.4 Å². The summed E-state index contributed by atoms with van der Waals surface area (Å²) in [5, 5.41) is 5.11. The van der Waals surface area contributed by atoms with Gasteiger partial charge in [-0.25, -0.2) is 0 Å². The van der Waals surface area contributed by atoms with Crippen molar-refractivity contribution in [1.82, 2.24) is 9.80 Å².